The minimum absolute atomic E-state index is 0.171. The number of fused-ring (bicyclic) bond motifs is 1. The predicted octanol–water partition coefficient (Wildman–Crippen LogP) is 0.478. The molecule has 1 aromatic heterocycles. The van der Waals surface area contributed by atoms with E-state index in [4.69, 9.17) is 0 Å². The number of imide groups is 1. The van der Waals surface area contributed by atoms with Crippen molar-refractivity contribution in [2.75, 3.05) is 13.1 Å². The highest BCUT2D eigenvalue weighted by Crippen LogP contribution is 2.33. The second-order valence-electron chi connectivity index (χ2n) is 7.58. The molecule has 27 heavy (non-hydrogen) atoms. The first-order valence-electron chi connectivity index (χ1n) is 9.37. The molecule has 0 radical (unpaired) electrons. The number of halogens is 1. The number of nitrogens with zero attached hydrogens (tertiary/aromatic N) is 5. The van der Waals surface area contributed by atoms with Crippen LogP contribution in [0.15, 0.2) is 6.20 Å². The van der Waals surface area contributed by atoms with E-state index < -0.39 is 18.1 Å². The van der Waals surface area contributed by atoms with Gasteiger partial charge in [-0.2, -0.15) is 0 Å². The van der Waals surface area contributed by atoms with E-state index >= 15 is 0 Å². The zero-order chi connectivity index (χ0) is 19.1. The summed E-state index contributed by atoms with van der Waals surface area (Å²) in [6.45, 7) is 0.855. The van der Waals surface area contributed by atoms with Crippen LogP contribution < -0.4 is 5.32 Å². The van der Waals surface area contributed by atoms with Crippen LogP contribution in [0.2, 0.25) is 0 Å². The molecular weight excluding hydrogens is 355 g/mol. The molecular formula is C17H23FN6O3. The van der Waals surface area contributed by atoms with Gasteiger partial charge in [-0.15, -0.1) is 5.10 Å². The third-order valence-corrected chi connectivity index (χ3v) is 5.81. The molecule has 0 spiro atoms. The second kappa shape index (κ2) is 6.90. The zero-order valence-corrected chi connectivity index (χ0v) is 15.2. The maximum atomic E-state index is 13.8. The largest absolute Gasteiger partial charge is 0.337 e. The second-order valence-corrected chi connectivity index (χ2v) is 7.58. The Morgan fingerprint density at radius 2 is 1.96 bits per heavy atom. The normalized spacial score (nSPS) is 29.5. The Hall–Kier alpha value is -2.52. The molecule has 1 aliphatic carbocycles. The van der Waals surface area contributed by atoms with Crippen LogP contribution in [-0.2, 0) is 11.8 Å². The predicted molar refractivity (Wildman–Crippen MR) is 91.3 cm³/mol. The Morgan fingerprint density at radius 3 is 2.63 bits per heavy atom. The van der Waals surface area contributed by atoms with Gasteiger partial charge in [0.05, 0.1) is 12.1 Å². The molecule has 1 aromatic rings. The quantitative estimate of drug-likeness (QED) is 0.807. The number of rotatable bonds is 2. The van der Waals surface area contributed by atoms with Crippen molar-refractivity contribution < 1.29 is 18.8 Å². The Kier molecular flexibility index (Phi) is 4.56. The molecule has 0 bridgehead atoms. The SMILES string of the molecule is Cn1cc(C(=O)N2CCC(N3C(=O)NC4CCC(F)CC4C3=O)CC2)nn1. The molecule has 10 heteroatoms. The molecule has 3 heterocycles. The first kappa shape index (κ1) is 17.9. The van der Waals surface area contributed by atoms with Crippen LogP contribution in [0.25, 0.3) is 0 Å². The van der Waals surface area contributed by atoms with Crippen molar-refractivity contribution in [3.8, 4) is 0 Å². The van der Waals surface area contributed by atoms with Gasteiger partial charge in [0.2, 0.25) is 5.91 Å². The lowest BCUT2D eigenvalue weighted by molar-refractivity contribution is -0.140. The van der Waals surface area contributed by atoms with Crippen LogP contribution >= 0.6 is 0 Å². The third-order valence-electron chi connectivity index (χ3n) is 5.81. The number of alkyl halides is 1. The van der Waals surface area contributed by atoms with Gasteiger partial charge in [-0.3, -0.25) is 19.2 Å². The Bertz CT molecular complexity index is 760. The topological polar surface area (TPSA) is 100 Å². The van der Waals surface area contributed by atoms with E-state index in [9.17, 15) is 18.8 Å². The van der Waals surface area contributed by atoms with Gasteiger partial charge in [-0.05, 0) is 32.1 Å². The average molecular weight is 378 g/mol. The van der Waals surface area contributed by atoms with Gasteiger partial charge in [0, 0.05) is 32.2 Å². The number of aryl methyl sites for hydroxylation is 1. The van der Waals surface area contributed by atoms with E-state index in [1.54, 1.807) is 18.1 Å². The molecule has 1 N–H and O–H groups in total. The first-order chi connectivity index (χ1) is 12.9. The van der Waals surface area contributed by atoms with Crippen LogP contribution in [0.4, 0.5) is 9.18 Å². The number of piperidine rings is 1. The minimum Gasteiger partial charge on any atom is -0.337 e. The molecule has 146 valence electrons. The van der Waals surface area contributed by atoms with Gasteiger partial charge in [0.25, 0.3) is 5.91 Å². The number of likely N-dealkylation sites (tertiary alicyclic amines) is 1. The van der Waals surface area contributed by atoms with Crippen molar-refractivity contribution in [1.29, 1.82) is 0 Å². The number of hydrogen-bond acceptors (Lipinski definition) is 5. The van der Waals surface area contributed by atoms with Crippen LogP contribution in [0.1, 0.15) is 42.6 Å². The van der Waals surface area contributed by atoms with Crippen LogP contribution in [-0.4, -0.2) is 74.0 Å². The maximum absolute atomic E-state index is 13.8. The molecule has 4 amide bonds. The monoisotopic (exact) mass is 378 g/mol. The van der Waals surface area contributed by atoms with Crippen LogP contribution in [0.5, 0.6) is 0 Å². The molecule has 2 saturated heterocycles. The lowest BCUT2D eigenvalue weighted by Crippen LogP contribution is -2.65. The van der Waals surface area contributed by atoms with E-state index in [1.165, 1.54) is 9.58 Å². The fourth-order valence-electron chi connectivity index (χ4n) is 4.35. The van der Waals surface area contributed by atoms with Crippen LogP contribution in [0.3, 0.4) is 0 Å². The highest BCUT2D eigenvalue weighted by molar-refractivity contribution is 5.99. The van der Waals surface area contributed by atoms with Gasteiger partial charge in [-0.1, -0.05) is 5.21 Å². The standard InChI is InChI=1S/C17H23FN6O3/c1-22-9-14(20-21-22)16(26)23-6-4-11(5-7-23)24-15(25)12-8-10(18)2-3-13(12)19-17(24)27/h9-13H,2-8H2,1H3,(H,19,27). The van der Waals surface area contributed by atoms with Crippen molar-refractivity contribution in [3.63, 3.8) is 0 Å². The number of aromatic nitrogens is 3. The summed E-state index contributed by atoms with van der Waals surface area (Å²) in [6.07, 6.45) is 2.64. The molecule has 4 rings (SSSR count). The van der Waals surface area contributed by atoms with Crippen molar-refractivity contribution in [2.45, 2.75) is 50.4 Å². The minimum atomic E-state index is -0.987. The maximum Gasteiger partial charge on any atom is 0.324 e. The fraction of sp³-hybridized carbons (Fsp3) is 0.706. The molecule has 2 aliphatic heterocycles. The number of amides is 4. The van der Waals surface area contributed by atoms with Crippen molar-refractivity contribution in [2.24, 2.45) is 13.0 Å². The number of carbonyl (C=O) groups excluding carboxylic acids is 3. The Morgan fingerprint density at radius 1 is 1.22 bits per heavy atom. The molecule has 9 nitrogen and oxygen atoms in total. The summed E-state index contributed by atoms with van der Waals surface area (Å²) in [6, 6.07) is -0.923. The molecule has 0 aromatic carbocycles. The number of nitrogens with one attached hydrogen (secondary N) is 1. The summed E-state index contributed by atoms with van der Waals surface area (Å²) >= 11 is 0. The van der Waals surface area contributed by atoms with Gasteiger partial charge >= 0.3 is 6.03 Å². The number of hydrogen-bond donors (Lipinski definition) is 1. The summed E-state index contributed by atoms with van der Waals surface area (Å²) in [4.78, 5) is 40.7. The molecule has 3 fully saturated rings. The molecule has 3 aliphatic rings. The third kappa shape index (κ3) is 3.28. The molecule has 3 atom stereocenters. The number of carbonyl (C=O) groups is 3. The van der Waals surface area contributed by atoms with Crippen LogP contribution in [0, 0.1) is 5.92 Å². The van der Waals surface area contributed by atoms with Crippen molar-refractivity contribution in [3.05, 3.63) is 11.9 Å². The fourth-order valence-corrected chi connectivity index (χ4v) is 4.35. The van der Waals surface area contributed by atoms with Gasteiger partial charge < -0.3 is 10.2 Å². The smallest absolute Gasteiger partial charge is 0.324 e. The van der Waals surface area contributed by atoms with Crippen molar-refractivity contribution in [1.82, 2.24) is 30.1 Å². The zero-order valence-electron chi connectivity index (χ0n) is 15.2. The lowest BCUT2D eigenvalue weighted by Gasteiger charge is -2.45. The number of urea groups is 1. The van der Waals surface area contributed by atoms with Gasteiger partial charge in [0.15, 0.2) is 5.69 Å². The summed E-state index contributed by atoms with van der Waals surface area (Å²) in [5, 5.41) is 10.5. The lowest BCUT2D eigenvalue weighted by atomic mass is 9.80. The van der Waals surface area contributed by atoms with E-state index in [0.29, 0.717) is 38.8 Å². The molecule has 1 saturated carbocycles. The van der Waals surface area contributed by atoms with E-state index in [1.807, 2.05) is 0 Å². The summed E-state index contributed by atoms with van der Waals surface area (Å²) in [5.74, 6) is -0.959. The van der Waals surface area contributed by atoms with Gasteiger partial charge in [0.1, 0.15) is 6.17 Å². The van der Waals surface area contributed by atoms with E-state index in [0.717, 1.165) is 0 Å². The first-order valence-corrected chi connectivity index (χ1v) is 9.37. The van der Waals surface area contributed by atoms with Crippen molar-refractivity contribution >= 4 is 17.8 Å². The highest BCUT2D eigenvalue weighted by Gasteiger charge is 2.47. The van der Waals surface area contributed by atoms with E-state index in [-0.39, 0.29) is 36.0 Å². The molecule has 3 unspecified atom stereocenters. The Balaban J connectivity index is 1.40. The summed E-state index contributed by atoms with van der Waals surface area (Å²) < 4.78 is 15.2. The van der Waals surface area contributed by atoms with E-state index in [2.05, 4.69) is 15.6 Å². The highest BCUT2D eigenvalue weighted by atomic mass is 19.1. The van der Waals surface area contributed by atoms with Gasteiger partial charge in [-0.25, -0.2) is 9.18 Å². The summed E-state index contributed by atoms with van der Waals surface area (Å²) in [7, 11) is 1.69. The summed E-state index contributed by atoms with van der Waals surface area (Å²) in [5.41, 5.74) is 0.279. The average Bonchev–Trinajstić information content (AvgIpc) is 3.09. The Labute approximate surface area is 155 Å².